The zero-order valence-corrected chi connectivity index (χ0v) is 10.0. The second kappa shape index (κ2) is 3.83. The maximum atomic E-state index is 12.5. The molecule has 1 N–H and O–H groups in total. The summed E-state index contributed by atoms with van der Waals surface area (Å²) < 4.78 is 61.2. The number of hydrogen-bond donors (Lipinski definition) is 1. The van der Waals surface area contributed by atoms with Crippen LogP contribution >= 0.6 is 0 Å². The van der Waals surface area contributed by atoms with E-state index in [1.165, 1.54) is 6.92 Å². The van der Waals surface area contributed by atoms with E-state index < -0.39 is 27.7 Å². The van der Waals surface area contributed by atoms with Gasteiger partial charge in [-0.05, 0) is 36.8 Å². The van der Waals surface area contributed by atoms with Gasteiger partial charge >= 0.3 is 6.18 Å². The van der Waals surface area contributed by atoms with Crippen molar-refractivity contribution in [3.8, 4) is 0 Å². The van der Waals surface area contributed by atoms with Crippen molar-refractivity contribution in [1.29, 1.82) is 0 Å². The zero-order valence-electron chi connectivity index (χ0n) is 9.19. The number of hydrogen-bond acceptors (Lipinski definition) is 3. The molecule has 0 radical (unpaired) electrons. The summed E-state index contributed by atoms with van der Waals surface area (Å²) in [7, 11) is -3.86. The second-order valence-electron chi connectivity index (χ2n) is 3.98. The SMILES string of the molecule is CC(O)C1=Cc2cc(C(F)(F)F)ccc2S1(=O)=O. The van der Waals surface area contributed by atoms with Gasteiger partial charge in [-0.3, -0.25) is 0 Å². The summed E-state index contributed by atoms with van der Waals surface area (Å²) in [4.78, 5) is -0.483. The molecule has 1 aliphatic rings. The number of alkyl halides is 3. The van der Waals surface area contributed by atoms with Gasteiger partial charge < -0.3 is 5.11 Å². The molecule has 3 nitrogen and oxygen atoms in total. The first kappa shape index (κ1) is 13.1. The Bertz CT molecular complexity index is 627. The Morgan fingerprint density at radius 1 is 1.28 bits per heavy atom. The van der Waals surface area contributed by atoms with Gasteiger partial charge in [-0.1, -0.05) is 0 Å². The molecule has 1 heterocycles. The normalized spacial score (nSPS) is 19.3. The molecule has 1 aromatic rings. The molecule has 7 heteroatoms. The van der Waals surface area contributed by atoms with Crippen molar-refractivity contribution in [2.24, 2.45) is 0 Å². The van der Waals surface area contributed by atoms with Gasteiger partial charge in [0.2, 0.25) is 9.84 Å². The van der Waals surface area contributed by atoms with E-state index in [0.717, 1.165) is 24.3 Å². The van der Waals surface area contributed by atoms with E-state index in [2.05, 4.69) is 0 Å². The van der Waals surface area contributed by atoms with E-state index in [1.807, 2.05) is 0 Å². The fourth-order valence-electron chi connectivity index (χ4n) is 1.79. The van der Waals surface area contributed by atoms with E-state index in [0.29, 0.717) is 0 Å². The Kier molecular flexibility index (Phi) is 2.78. The molecule has 0 fully saturated rings. The second-order valence-corrected chi connectivity index (χ2v) is 5.89. The number of aliphatic hydroxyl groups excluding tert-OH is 1. The van der Waals surface area contributed by atoms with Crippen LogP contribution in [-0.4, -0.2) is 19.6 Å². The zero-order chi connectivity index (χ0) is 13.7. The van der Waals surface area contributed by atoms with Crippen LogP contribution in [-0.2, 0) is 16.0 Å². The van der Waals surface area contributed by atoms with Crippen LogP contribution in [0.3, 0.4) is 0 Å². The Balaban J connectivity index is 2.63. The number of halogens is 3. The largest absolute Gasteiger partial charge is 0.416 e. The van der Waals surface area contributed by atoms with Crippen molar-refractivity contribution in [1.82, 2.24) is 0 Å². The molecule has 0 saturated carbocycles. The molecule has 18 heavy (non-hydrogen) atoms. The number of aliphatic hydroxyl groups is 1. The lowest BCUT2D eigenvalue weighted by Crippen LogP contribution is -2.12. The molecule has 2 rings (SSSR count). The van der Waals surface area contributed by atoms with Crippen LogP contribution in [0.5, 0.6) is 0 Å². The molecule has 98 valence electrons. The third kappa shape index (κ3) is 1.93. The molecule has 0 saturated heterocycles. The van der Waals surface area contributed by atoms with Crippen molar-refractivity contribution in [2.75, 3.05) is 0 Å². The Morgan fingerprint density at radius 3 is 2.39 bits per heavy atom. The minimum absolute atomic E-state index is 0.0410. The van der Waals surface area contributed by atoms with Gasteiger partial charge in [0.25, 0.3) is 0 Å². The summed E-state index contributed by atoms with van der Waals surface area (Å²) >= 11 is 0. The molecule has 0 aromatic heterocycles. The highest BCUT2D eigenvalue weighted by molar-refractivity contribution is 7.96. The van der Waals surface area contributed by atoms with Crippen LogP contribution in [0, 0.1) is 0 Å². The van der Waals surface area contributed by atoms with Gasteiger partial charge in [-0.15, -0.1) is 0 Å². The van der Waals surface area contributed by atoms with Crippen LogP contribution in [0.25, 0.3) is 6.08 Å². The minimum atomic E-state index is -4.53. The lowest BCUT2D eigenvalue weighted by Gasteiger charge is -2.08. The number of sulfone groups is 1. The smallest absolute Gasteiger partial charge is 0.388 e. The monoisotopic (exact) mass is 278 g/mol. The highest BCUT2D eigenvalue weighted by Crippen LogP contribution is 2.38. The quantitative estimate of drug-likeness (QED) is 0.857. The van der Waals surface area contributed by atoms with Gasteiger partial charge in [0.05, 0.1) is 21.5 Å². The first-order valence-electron chi connectivity index (χ1n) is 5.00. The van der Waals surface area contributed by atoms with E-state index >= 15 is 0 Å². The van der Waals surface area contributed by atoms with Crippen LogP contribution in [0.1, 0.15) is 18.1 Å². The lowest BCUT2D eigenvalue weighted by atomic mass is 10.1. The Morgan fingerprint density at radius 2 is 1.89 bits per heavy atom. The molecule has 0 amide bonds. The summed E-state index contributed by atoms with van der Waals surface area (Å²) in [5, 5.41) is 9.32. The number of rotatable bonds is 1. The van der Waals surface area contributed by atoms with Gasteiger partial charge in [-0.25, -0.2) is 8.42 Å². The number of benzene rings is 1. The third-order valence-corrected chi connectivity index (χ3v) is 4.68. The topological polar surface area (TPSA) is 54.4 Å². The van der Waals surface area contributed by atoms with E-state index in [9.17, 15) is 26.7 Å². The number of fused-ring (bicyclic) bond motifs is 1. The minimum Gasteiger partial charge on any atom is -0.388 e. The van der Waals surface area contributed by atoms with E-state index in [1.54, 1.807) is 0 Å². The first-order valence-corrected chi connectivity index (χ1v) is 6.48. The first-order chi connectivity index (χ1) is 8.14. The van der Waals surface area contributed by atoms with Gasteiger partial charge in [0.1, 0.15) is 0 Å². The van der Waals surface area contributed by atoms with Crippen molar-refractivity contribution in [3.63, 3.8) is 0 Å². The average molecular weight is 278 g/mol. The highest BCUT2D eigenvalue weighted by atomic mass is 32.2. The maximum Gasteiger partial charge on any atom is 0.416 e. The summed E-state index contributed by atoms with van der Waals surface area (Å²) in [5.41, 5.74) is -0.958. The third-order valence-electron chi connectivity index (χ3n) is 2.65. The van der Waals surface area contributed by atoms with Crippen LogP contribution in [0.4, 0.5) is 13.2 Å². The maximum absolute atomic E-state index is 12.5. The molecule has 0 bridgehead atoms. The van der Waals surface area contributed by atoms with Crippen molar-refractivity contribution in [2.45, 2.75) is 24.1 Å². The molecule has 1 unspecified atom stereocenters. The summed E-state index contributed by atoms with van der Waals surface area (Å²) in [6.45, 7) is 1.25. The Labute approximate surface area is 101 Å². The molecule has 1 aliphatic heterocycles. The summed E-state index contributed by atoms with van der Waals surface area (Å²) in [6.07, 6.45) is -4.71. The lowest BCUT2D eigenvalue weighted by molar-refractivity contribution is -0.137. The fraction of sp³-hybridized carbons (Fsp3) is 0.273. The van der Waals surface area contributed by atoms with Gasteiger partial charge in [-0.2, -0.15) is 13.2 Å². The van der Waals surface area contributed by atoms with Crippen LogP contribution in [0.2, 0.25) is 0 Å². The predicted octanol–water partition coefficient (Wildman–Crippen LogP) is 2.21. The molecule has 0 spiro atoms. The van der Waals surface area contributed by atoms with Crippen molar-refractivity contribution < 1.29 is 26.7 Å². The van der Waals surface area contributed by atoms with Crippen LogP contribution in [0.15, 0.2) is 28.0 Å². The average Bonchev–Trinajstić information content (AvgIpc) is 2.49. The summed E-state index contributed by atoms with van der Waals surface area (Å²) in [6, 6.07) is 2.40. The van der Waals surface area contributed by atoms with Crippen LogP contribution < -0.4 is 0 Å². The molecular formula is C11H9F3O3S. The Hall–Kier alpha value is -1.34. The van der Waals surface area contributed by atoms with Crippen molar-refractivity contribution in [3.05, 3.63) is 34.2 Å². The fourth-order valence-corrected chi connectivity index (χ4v) is 3.45. The molecule has 0 aliphatic carbocycles. The van der Waals surface area contributed by atoms with Gasteiger partial charge in [0.15, 0.2) is 0 Å². The molecule has 1 atom stereocenters. The van der Waals surface area contributed by atoms with Crippen molar-refractivity contribution >= 4 is 15.9 Å². The standard InChI is InChI=1S/C11H9F3O3S/c1-6(15)10-5-7-4-8(11(12,13)14)2-3-9(7)18(10,16)17/h2-6,15H,1H3. The molecule has 1 aromatic carbocycles. The molecular weight excluding hydrogens is 269 g/mol. The predicted molar refractivity (Wildman–Crippen MR) is 58.3 cm³/mol. The summed E-state index contributed by atoms with van der Waals surface area (Å²) in [5.74, 6) is 0. The van der Waals surface area contributed by atoms with E-state index in [4.69, 9.17) is 0 Å². The highest BCUT2D eigenvalue weighted by Gasteiger charge is 2.36. The van der Waals surface area contributed by atoms with E-state index in [-0.39, 0.29) is 15.4 Å². The van der Waals surface area contributed by atoms with Gasteiger partial charge in [0, 0.05) is 0 Å².